The molecule has 1 saturated heterocycles. The quantitative estimate of drug-likeness (QED) is 0.276. The highest BCUT2D eigenvalue weighted by molar-refractivity contribution is 14.0. The van der Waals surface area contributed by atoms with Crippen LogP contribution in [0.15, 0.2) is 4.99 Å². The van der Waals surface area contributed by atoms with Gasteiger partial charge in [-0.05, 0) is 46.3 Å². The Morgan fingerprint density at radius 2 is 1.88 bits per heavy atom. The van der Waals surface area contributed by atoms with Crippen molar-refractivity contribution < 1.29 is 4.74 Å². The van der Waals surface area contributed by atoms with E-state index >= 15 is 0 Å². The summed E-state index contributed by atoms with van der Waals surface area (Å²) >= 11 is 0. The van der Waals surface area contributed by atoms with Crippen LogP contribution in [0.5, 0.6) is 0 Å². The molecule has 7 heteroatoms. The minimum atomic E-state index is 0. The molecule has 1 heterocycles. The highest BCUT2D eigenvalue weighted by Crippen LogP contribution is 2.00. The van der Waals surface area contributed by atoms with Crippen LogP contribution >= 0.6 is 24.0 Å². The number of guanidine groups is 1. The zero-order valence-electron chi connectivity index (χ0n) is 16.7. The van der Waals surface area contributed by atoms with E-state index in [1.165, 1.54) is 19.4 Å². The lowest BCUT2D eigenvalue weighted by Crippen LogP contribution is -2.43. The van der Waals surface area contributed by atoms with Crippen LogP contribution in [0.1, 0.15) is 40.5 Å². The van der Waals surface area contributed by atoms with E-state index in [1.54, 1.807) is 0 Å². The third kappa shape index (κ3) is 12.0. The molecule has 1 aliphatic heterocycles. The van der Waals surface area contributed by atoms with Crippen molar-refractivity contribution in [3.05, 3.63) is 0 Å². The molecule has 0 aromatic rings. The summed E-state index contributed by atoms with van der Waals surface area (Å²) in [5, 5.41) is 6.90. The molecule has 1 unspecified atom stereocenters. The maximum absolute atomic E-state index is 5.38. The van der Waals surface area contributed by atoms with Gasteiger partial charge in [0.1, 0.15) is 0 Å². The van der Waals surface area contributed by atoms with Crippen LogP contribution < -0.4 is 10.6 Å². The zero-order valence-corrected chi connectivity index (χ0v) is 19.1. The van der Waals surface area contributed by atoms with Crippen LogP contribution in [0.3, 0.4) is 0 Å². The molecular weight excluding hydrogens is 429 g/mol. The largest absolute Gasteiger partial charge is 0.379 e. The smallest absolute Gasteiger partial charge is 0.191 e. The van der Waals surface area contributed by atoms with E-state index in [2.05, 4.69) is 48.1 Å². The molecular formula is C18H40IN5O. The van der Waals surface area contributed by atoms with E-state index in [4.69, 9.17) is 9.73 Å². The minimum absolute atomic E-state index is 0. The van der Waals surface area contributed by atoms with E-state index in [1.807, 2.05) is 0 Å². The topological polar surface area (TPSA) is 52.1 Å². The summed E-state index contributed by atoms with van der Waals surface area (Å²) in [6.45, 7) is 18.8. The van der Waals surface area contributed by atoms with Crippen molar-refractivity contribution in [3.8, 4) is 0 Å². The summed E-state index contributed by atoms with van der Waals surface area (Å²) in [7, 11) is 0. The third-order valence-corrected chi connectivity index (χ3v) is 4.52. The molecule has 0 radical (unpaired) electrons. The minimum Gasteiger partial charge on any atom is -0.379 e. The molecule has 0 amide bonds. The van der Waals surface area contributed by atoms with Gasteiger partial charge >= 0.3 is 0 Å². The number of aliphatic imine (C=N–C) groups is 1. The maximum Gasteiger partial charge on any atom is 0.191 e. The molecule has 0 aromatic carbocycles. The molecule has 0 saturated carbocycles. The molecule has 150 valence electrons. The Bertz CT molecular complexity index is 333. The molecule has 2 N–H and O–H groups in total. The number of hydrogen-bond acceptors (Lipinski definition) is 4. The van der Waals surface area contributed by atoms with Gasteiger partial charge in [-0.15, -0.1) is 24.0 Å². The Morgan fingerprint density at radius 1 is 1.20 bits per heavy atom. The fourth-order valence-corrected chi connectivity index (χ4v) is 2.91. The van der Waals surface area contributed by atoms with Crippen molar-refractivity contribution in [2.24, 2.45) is 4.99 Å². The van der Waals surface area contributed by atoms with Gasteiger partial charge in [-0.3, -0.25) is 9.89 Å². The third-order valence-electron chi connectivity index (χ3n) is 4.52. The second kappa shape index (κ2) is 16.1. The summed E-state index contributed by atoms with van der Waals surface area (Å²) in [4.78, 5) is 9.63. The van der Waals surface area contributed by atoms with E-state index < -0.39 is 0 Å². The van der Waals surface area contributed by atoms with Gasteiger partial charge in [0, 0.05) is 32.2 Å². The first-order chi connectivity index (χ1) is 11.7. The lowest BCUT2D eigenvalue weighted by atomic mass is 10.2. The van der Waals surface area contributed by atoms with Crippen molar-refractivity contribution in [2.45, 2.75) is 46.6 Å². The first-order valence-corrected chi connectivity index (χ1v) is 9.76. The van der Waals surface area contributed by atoms with Crippen molar-refractivity contribution in [1.29, 1.82) is 0 Å². The van der Waals surface area contributed by atoms with Crippen molar-refractivity contribution >= 4 is 29.9 Å². The van der Waals surface area contributed by atoms with Crippen LogP contribution in [0.2, 0.25) is 0 Å². The molecule has 0 aliphatic carbocycles. The molecule has 6 nitrogen and oxygen atoms in total. The SMILES string of the molecule is CCNC(=NCCN1CCOCC1)NC(C)CCCN(CC)CC.I. The van der Waals surface area contributed by atoms with Crippen molar-refractivity contribution in [3.63, 3.8) is 0 Å². The van der Waals surface area contributed by atoms with E-state index in [-0.39, 0.29) is 24.0 Å². The number of halogens is 1. The molecule has 1 rings (SSSR count). The number of nitrogens with zero attached hydrogens (tertiary/aromatic N) is 3. The van der Waals surface area contributed by atoms with Gasteiger partial charge in [-0.1, -0.05) is 13.8 Å². The van der Waals surface area contributed by atoms with Crippen LogP contribution in [0.4, 0.5) is 0 Å². The fraction of sp³-hybridized carbons (Fsp3) is 0.944. The monoisotopic (exact) mass is 469 g/mol. The van der Waals surface area contributed by atoms with Gasteiger partial charge in [-0.25, -0.2) is 0 Å². The normalized spacial score (nSPS) is 17.2. The average Bonchev–Trinajstić information content (AvgIpc) is 2.60. The Kier molecular flexibility index (Phi) is 16.0. The molecule has 0 aromatic heterocycles. The molecule has 0 spiro atoms. The predicted molar refractivity (Wildman–Crippen MR) is 118 cm³/mol. The molecule has 1 atom stereocenters. The van der Waals surface area contributed by atoms with Gasteiger partial charge in [0.25, 0.3) is 0 Å². The van der Waals surface area contributed by atoms with Crippen LogP contribution in [-0.2, 0) is 4.74 Å². The number of ether oxygens (including phenoxy) is 1. The first-order valence-electron chi connectivity index (χ1n) is 9.76. The van der Waals surface area contributed by atoms with Gasteiger partial charge < -0.3 is 20.3 Å². The molecule has 25 heavy (non-hydrogen) atoms. The standard InChI is InChI=1S/C18H39N5O.HI/c1-5-19-18(20-10-12-23-13-15-24-16-14-23)21-17(4)9-8-11-22(6-2)7-3;/h17H,5-16H2,1-4H3,(H2,19,20,21);1H. The maximum atomic E-state index is 5.38. The van der Waals surface area contributed by atoms with Gasteiger partial charge in [0.05, 0.1) is 19.8 Å². The van der Waals surface area contributed by atoms with Crippen molar-refractivity contribution in [2.75, 3.05) is 65.6 Å². The summed E-state index contributed by atoms with van der Waals surface area (Å²) in [6.07, 6.45) is 2.40. The Hall–Kier alpha value is -0.120. The van der Waals surface area contributed by atoms with E-state index in [0.717, 1.165) is 65.0 Å². The number of rotatable bonds is 11. The molecule has 1 aliphatic rings. The lowest BCUT2D eigenvalue weighted by Gasteiger charge is -2.26. The second-order valence-electron chi connectivity index (χ2n) is 6.43. The summed E-state index contributed by atoms with van der Waals surface area (Å²) in [6, 6.07) is 0.446. The lowest BCUT2D eigenvalue weighted by molar-refractivity contribution is 0.0394. The van der Waals surface area contributed by atoms with E-state index in [9.17, 15) is 0 Å². The summed E-state index contributed by atoms with van der Waals surface area (Å²) in [5.74, 6) is 0.945. The Morgan fingerprint density at radius 3 is 2.48 bits per heavy atom. The first kappa shape index (κ1) is 24.9. The average molecular weight is 469 g/mol. The summed E-state index contributed by atoms with van der Waals surface area (Å²) in [5.41, 5.74) is 0. The van der Waals surface area contributed by atoms with Gasteiger partial charge in [0.2, 0.25) is 0 Å². The number of hydrogen-bond donors (Lipinski definition) is 2. The van der Waals surface area contributed by atoms with Crippen LogP contribution in [0, 0.1) is 0 Å². The van der Waals surface area contributed by atoms with Gasteiger partial charge in [0.15, 0.2) is 5.96 Å². The highest BCUT2D eigenvalue weighted by Gasteiger charge is 2.10. The predicted octanol–water partition coefficient (Wildman–Crippen LogP) is 2.00. The Labute approximate surface area is 172 Å². The molecule has 1 fully saturated rings. The van der Waals surface area contributed by atoms with Crippen LogP contribution in [0.25, 0.3) is 0 Å². The van der Waals surface area contributed by atoms with Crippen LogP contribution in [-0.4, -0.2) is 87.4 Å². The molecule has 0 bridgehead atoms. The second-order valence-corrected chi connectivity index (χ2v) is 6.43. The van der Waals surface area contributed by atoms with Gasteiger partial charge in [-0.2, -0.15) is 0 Å². The fourth-order valence-electron chi connectivity index (χ4n) is 2.91. The Balaban J connectivity index is 0.00000576. The number of nitrogens with one attached hydrogen (secondary N) is 2. The summed E-state index contributed by atoms with van der Waals surface area (Å²) < 4.78 is 5.38. The zero-order chi connectivity index (χ0) is 17.6. The number of morpholine rings is 1. The van der Waals surface area contributed by atoms with Crippen molar-refractivity contribution in [1.82, 2.24) is 20.4 Å². The highest BCUT2D eigenvalue weighted by atomic mass is 127. The van der Waals surface area contributed by atoms with E-state index in [0.29, 0.717) is 6.04 Å².